The van der Waals surface area contributed by atoms with Crippen molar-refractivity contribution < 1.29 is 13.9 Å². The lowest BCUT2D eigenvalue weighted by atomic mass is 10.1. The van der Waals surface area contributed by atoms with E-state index in [9.17, 15) is 13.9 Å². The summed E-state index contributed by atoms with van der Waals surface area (Å²) in [6.45, 7) is 3.62. The molecule has 0 amide bonds. The normalized spacial score (nSPS) is 21.3. The molecule has 0 unspecified atom stereocenters. The van der Waals surface area contributed by atoms with Crippen LogP contribution in [0.1, 0.15) is 12.0 Å². The van der Waals surface area contributed by atoms with E-state index in [1.165, 1.54) is 18.2 Å². The Labute approximate surface area is 118 Å². The summed E-state index contributed by atoms with van der Waals surface area (Å²) >= 11 is 0. The number of aliphatic hydroxyl groups is 1. The second kappa shape index (κ2) is 7.11. The number of aliphatic hydroxyl groups excluding tert-OH is 1. The molecule has 1 aromatic carbocycles. The van der Waals surface area contributed by atoms with Crippen LogP contribution in [-0.4, -0.2) is 60.8 Å². The van der Waals surface area contributed by atoms with Gasteiger partial charge in [0.1, 0.15) is 11.6 Å². The van der Waals surface area contributed by atoms with Crippen molar-refractivity contribution in [2.45, 2.75) is 18.9 Å². The minimum Gasteiger partial charge on any atom is -0.395 e. The van der Waals surface area contributed by atoms with Crippen LogP contribution in [-0.2, 0) is 6.42 Å². The van der Waals surface area contributed by atoms with Gasteiger partial charge in [-0.1, -0.05) is 6.07 Å². The number of piperazine rings is 1. The summed E-state index contributed by atoms with van der Waals surface area (Å²) in [6, 6.07) is 4.15. The molecular weight excluding hydrogens is 262 g/mol. The summed E-state index contributed by atoms with van der Waals surface area (Å²) in [4.78, 5) is 4.40. The standard InChI is InChI=1S/C15H22F2N2O/c1-18-8-9-19(10-12(18)11-20)7-3-4-13-14(16)5-2-6-15(13)17/h2,5-6,12,20H,3-4,7-11H2,1H3/t12-/m1/s1. The maximum Gasteiger partial charge on any atom is 0.129 e. The molecule has 1 atom stereocenters. The Bertz CT molecular complexity index is 422. The van der Waals surface area contributed by atoms with Crippen molar-refractivity contribution in [1.29, 1.82) is 0 Å². The lowest BCUT2D eigenvalue weighted by Gasteiger charge is -2.38. The number of benzene rings is 1. The molecule has 0 aliphatic carbocycles. The van der Waals surface area contributed by atoms with Gasteiger partial charge in [-0.2, -0.15) is 0 Å². The molecular formula is C15H22F2N2O. The van der Waals surface area contributed by atoms with Crippen molar-refractivity contribution in [2.24, 2.45) is 0 Å². The molecule has 0 spiro atoms. The lowest BCUT2D eigenvalue weighted by molar-refractivity contribution is 0.0572. The van der Waals surface area contributed by atoms with E-state index in [-0.39, 0.29) is 18.2 Å². The van der Waals surface area contributed by atoms with Crippen LogP contribution >= 0.6 is 0 Å². The molecule has 1 aliphatic heterocycles. The number of halogens is 2. The number of hydrogen-bond donors (Lipinski definition) is 1. The highest BCUT2D eigenvalue weighted by atomic mass is 19.1. The van der Waals surface area contributed by atoms with Gasteiger partial charge in [0.05, 0.1) is 6.61 Å². The molecule has 20 heavy (non-hydrogen) atoms. The first kappa shape index (κ1) is 15.4. The van der Waals surface area contributed by atoms with E-state index in [0.717, 1.165) is 32.6 Å². The molecule has 1 N–H and O–H groups in total. The van der Waals surface area contributed by atoms with Gasteiger partial charge in [-0.3, -0.25) is 4.90 Å². The van der Waals surface area contributed by atoms with Gasteiger partial charge in [-0.05, 0) is 38.6 Å². The summed E-state index contributed by atoms with van der Waals surface area (Å²) in [5, 5.41) is 9.29. The van der Waals surface area contributed by atoms with Crippen LogP contribution in [0.15, 0.2) is 18.2 Å². The average molecular weight is 284 g/mol. The third-order valence-electron chi connectivity index (χ3n) is 4.03. The predicted octanol–water partition coefficient (Wildman–Crippen LogP) is 1.51. The Morgan fingerprint density at radius 2 is 1.95 bits per heavy atom. The fourth-order valence-electron chi connectivity index (χ4n) is 2.66. The molecule has 0 saturated carbocycles. The number of likely N-dealkylation sites (N-methyl/N-ethyl adjacent to an activating group) is 1. The Balaban J connectivity index is 1.81. The largest absolute Gasteiger partial charge is 0.395 e. The van der Waals surface area contributed by atoms with Crippen LogP contribution in [0.5, 0.6) is 0 Å². The highest BCUT2D eigenvalue weighted by molar-refractivity contribution is 5.19. The van der Waals surface area contributed by atoms with Gasteiger partial charge in [0.25, 0.3) is 0 Å². The molecule has 1 heterocycles. The van der Waals surface area contributed by atoms with Gasteiger partial charge in [-0.25, -0.2) is 8.78 Å². The van der Waals surface area contributed by atoms with Crippen molar-refractivity contribution in [3.63, 3.8) is 0 Å². The van der Waals surface area contributed by atoms with Crippen molar-refractivity contribution in [2.75, 3.05) is 39.8 Å². The molecule has 0 radical (unpaired) electrons. The minimum absolute atomic E-state index is 0.148. The van der Waals surface area contributed by atoms with E-state index < -0.39 is 11.6 Å². The van der Waals surface area contributed by atoms with Crippen LogP contribution in [0.25, 0.3) is 0 Å². The van der Waals surface area contributed by atoms with Crippen LogP contribution < -0.4 is 0 Å². The Morgan fingerprint density at radius 3 is 2.60 bits per heavy atom. The molecule has 5 heteroatoms. The zero-order chi connectivity index (χ0) is 14.5. The van der Waals surface area contributed by atoms with Gasteiger partial charge in [0.15, 0.2) is 0 Å². The highest BCUT2D eigenvalue weighted by Crippen LogP contribution is 2.15. The Kier molecular flexibility index (Phi) is 5.46. The van der Waals surface area contributed by atoms with Crippen molar-refractivity contribution in [3.05, 3.63) is 35.4 Å². The predicted molar refractivity (Wildman–Crippen MR) is 74.6 cm³/mol. The summed E-state index contributed by atoms with van der Waals surface area (Å²) in [6.07, 6.45) is 1.13. The zero-order valence-corrected chi connectivity index (χ0v) is 11.9. The first-order valence-corrected chi connectivity index (χ1v) is 7.08. The fourth-order valence-corrected chi connectivity index (χ4v) is 2.66. The third kappa shape index (κ3) is 3.75. The second-order valence-electron chi connectivity index (χ2n) is 5.42. The molecule has 0 aromatic heterocycles. The molecule has 112 valence electrons. The summed E-state index contributed by atoms with van der Waals surface area (Å²) < 4.78 is 27.0. The molecule has 1 aromatic rings. The summed E-state index contributed by atoms with van der Waals surface area (Å²) in [7, 11) is 2.01. The monoisotopic (exact) mass is 284 g/mol. The smallest absolute Gasteiger partial charge is 0.129 e. The van der Waals surface area contributed by atoms with E-state index >= 15 is 0 Å². The first-order chi connectivity index (χ1) is 9.61. The second-order valence-corrected chi connectivity index (χ2v) is 5.42. The summed E-state index contributed by atoms with van der Waals surface area (Å²) in [5.41, 5.74) is 0.181. The van der Waals surface area contributed by atoms with Gasteiger partial charge in [0.2, 0.25) is 0 Å². The van der Waals surface area contributed by atoms with Gasteiger partial charge < -0.3 is 10.0 Å². The summed E-state index contributed by atoms with van der Waals surface area (Å²) in [5.74, 6) is -0.923. The van der Waals surface area contributed by atoms with E-state index in [0.29, 0.717) is 6.42 Å². The molecule has 2 rings (SSSR count). The van der Waals surface area contributed by atoms with Crippen molar-refractivity contribution in [1.82, 2.24) is 9.80 Å². The van der Waals surface area contributed by atoms with E-state index in [1.54, 1.807) is 0 Å². The highest BCUT2D eigenvalue weighted by Gasteiger charge is 2.23. The van der Waals surface area contributed by atoms with Crippen LogP contribution in [0.2, 0.25) is 0 Å². The SMILES string of the molecule is CN1CCN(CCCc2c(F)cccc2F)C[C@@H]1CO. The van der Waals surface area contributed by atoms with E-state index in [4.69, 9.17) is 0 Å². The average Bonchev–Trinajstić information content (AvgIpc) is 2.44. The van der Waals surface area contributed by atoms with Crippen LogP contribution in [0.3, 0.4) is 0 Å². The van der Waals surface area contributed by atoms with Crippen LogP contribution in [0.4, 0.5) is 8.78 Å². The maximum atomic E-state index is 13.5. The molecule has 0 bridgehead atoms. The molecule has 1 aliphatic rings. The molecule has 1 saturated heterocycles. The quantitative estimate of drug-likeness (QED) is 0.888. The lowest BCUT2D eigenvalue weighted by Crippen LogP contribution is -2.53. The van der Waals surface area contributed by atoms with E-state index in [2.05, 4.69) is 9.80 Å². The van der Waals surface area contributed by atoms with E-state index in [1.807, 2.05) is 7.05 Å². The number of rotatable bonds is 5. The van der Waals surface area contributed by atoms with Crippen molar-refractivity contribution in [3.8, 4) is 0 Å². The minimum atomic E-state index is -0.461. The van der Waals surface area contributed by atoms with Gasteiger partial charge in [0, 0.05) is 31.2 Å². The number of hydrogen-bond acceptors (Lipinski definition) is 3. The number of nitrogens with zero attached hydrogens (tertiary/aromatic N) is 2. The molecule has 1 fully saturated rings. The van der Waals surface area contributed by atoms with Gasteiger partial charge in [-0.15, -0.1) is 0 Å². The third-order valence-corrected chi connectivity index (χ3v) is 4.03. The fraction of sp³-hybridized carbons (Fsp3) is 0.600. The Morgan fingerprint density at radius 1 is 1.25 bits per heavy atom. The Hall–Kier alpha value is -1.04. The van der Waals surface area contributed by atoms with Gasteiger partial charge >= 0.3 is 0 Å². The topological polar surface area (TPSA) is 26.7 Å². The molecule has 3 nitrogen and oxygen atoms in total. The van der Waals surface area contributed by atoms with Crippen molar-refractivity contribution >= 4 is 0 Å². The van der Waals surface area contributed by atoms with Crippen LogP contribution in [0, 0.1) is 11.6 Å². The zero-order valence-electron chi connectivity index (χ0n) is 11.9. The first-order valence-electron chi connectivity index (χ1n) is 7.08. The maximum absolute atomic E-state index is 13.5.